The highest BCUT2D eigenvalue weighted by molar-refractivity contribution is 7.83. The zero-order valence-electron chi connectivity index (χ0n) is 19.4. The average Bonchev–Trinajstić information content (AvgIpc) is 3.05. The van der Waals surface area contributed by atoms with Gasteiger partial charge >= 0.3 is 0 Å². The van der Waals surface area contributed by atoms with Gasteiger partial charge in [0, 0.05) is 15.9 Å². The minimum absolute atomic E-state index is 0.109. The summed E-state index contributed by atoms with van der Waals surface area (Å²) in [5.74, 6) is 0.288. The maximum atomic E-state index is 15.1. The zero-order chi connectivity index (χ0) is 22.2. The molecule has 1 aliphatic heterocycles. The normalized spacial score (nSPS) is 18.5. The lowest BCUT2D eigenvalue weighted by molar-refractivity contribution is 0.566. The lowest BCUT2D eigenvalue weighted by Gasteiger charge is -2.25. The van der Waals surface area contributed by atoms with Crippen LogP contribution in [-0.2, 0) is 9.98 Å². The molecule has 0 aromatic heterocycles. The van der Waals surface area contributed by atoms with Crippen LogP contribution in [0.5, 0.6) is 0 Å². The molecule has 1 heterocycles. The molecule has 160 valence electrons. The molecule has 1 atom stereocenters. The van der Waals surface area contributed by atoms with E-state index in [0.29, 0.717) is 0 Å². The second kappa shape index (κ2) is 8.29. The van der Waals surface area contributed by atoms with Crippen LogP contribution in [0, 0.1) is 5.92 Å². The summed E-state index contributed by atoms with van der Waals surface area (Å²) in [7, 11) is -2.90. The second-order valence-corrected chi connectivity index (χ2v) is 12.3. The fraction of sp³-hybridized carbons (Fsp3) is 0.310. The van der Waals surface area contributed by atoms with Gasteiger partial charge in [-0.05, 0) is 46.4 Å². The fourth-order valence-electron chi connectivity index (χ4n) is 4.88. The number of benzene rings is 3. The number of allylic oxidation sites excluding steroid dienone is 1. The molecule has 0 saturated heterocycles. The van der Waals surface area contributed by atoms with Gasteiger partial charge in [-0.2, -0.15) is 0 Å². The van der Waals surface area contributed by atoms with E-state index in [-0.39, 0.29) is 11.3 Å². The van der Waals surface area contributed by atoms with Crippen molar-refractivity contribution >= 4 is 23.3 Å². The minimum atomic E-state index is -2.90. The third-order valence-electron chi connectivity index (χ3n) is 6.64. The van der Waals surface area contributed by atoms with E-state index in [4.69, 9.17) is 0 Å². The van der Waals surface area contributed by atoms with Crippen molar-refractivity contribution in [3.05, 3.63) is 101 Å². The number of fused-ring (bicyclic) bond motifs is 1. The predicted octanol–water partition coefficient (Wildman–Crippen LogP) is 7.51. The summed E-state index contributed by atoms with van der Waals surface area (Å²) in [6, 6.07) is 27.4. The first-order valence-electron chi connectivity index (χ1n) is 11.4. The summed E-state index contributed by atoms with van der Waals surface area (Å²) in [5.41, 5.74) is 4.93. The molecule has 0 amide bonds. The van der Waals surface area contributed by atoms with Gasteiger partial charge in [-0.25, -0.2) is 0 Å². The van der Waals surface area contributed by atoms with Crippen molar-refractivity contribution < 1.29 is 4.57 Å². The second-order valence-electron chi connectivity index (χ2n) is 9.56. The van der Waals surface area contributed by atoms with Crippen molar-refractivity contribution in [3.8, 4) is 0 Å². The molecule has 2 heteroatoms. The molecule has 4 rings (SSSR count). The molecule has 0 bridgehead atoms. The first-order chi connectivity index (χ1) is 14.8. The summed E-state index contributed by atoms with van der Waals surface area (Å²) < 4.78 is 15.1. The van der Waals surface area contributed by atoms with Gasteiger partial charge in [-0.3, -0.25) is 0 Å². The van der Waals surface area contributed by atoms with Gasteiger partial charge in [0.1, 0.15) is 0 Å². The van der Waals surface area contributed by atoms with Gasteiger partial charge in [0.2, 0.25) is 0 Å². The highest BCUT2D eigenvalue weighted by atomic mass is 31.2. The van der Waals surface area contributed by atoms with E-state index < -0.39 is 7.14 Å². The molecule has 1 unspecified atom stereocenters. The summed E-state index contributed by atoms with van der Waals surface area (Å²) in [5, 5.41) is 3.09. The molecule has 0 N–H and O–H groups in total. The predicted molar refractivity (Wildman–Crippen MR) is 135 cm³/mol. The summed E-state index contributed by atoms with van der Waals surface area (Å²) in [6.07, 6.45) is 1.97. The molecule has 3 aromatic rings. The molecule has 0 spiro atoms. The maximum absolute atomic E-state index is 15.1. The summed E-state index contributed by atoms with van der Waals surface area (Å²) in [6.45, 7) is 11.2. The van der Waals surface area contributed by atoms with E-state index in [9.17, 15) is 0 Å². The topological polar surface area (TPSA) is 17.1 Å². The van der Waals surface area contributed by atoms with Crippen LogP contribution in [-0.4, -0.2) is 0 Å². The largest absolute Gasteiger partial charge is 0.309 e. The van der Waals surface area contributed by atoms with Crippen molar-refractivity contribution in [2.75, 3.05) is 0 Å². The lowest BCUT2D eigenvalue weighted by Crippen LogP contribution is -2.18. The lowest BCUT2D eigenvalue weighted by atomic mass is 9.85. The molecule has 1 nitrogen and oxygen atoms in total. The van der Waals surface area contributed by atoms with Crippen LogP contribution in [0.1, 0.15) is 64.2 Å². The Balaban J connectivity index is 2.04. The van der Waals surface area contributed by atoms with Gasteiger partial charge < -0.3 is 4.57 Å². The Morgan fingerprint density at radius 3 is 1.94 bits per heavy atom. The Morgan fingerprint density at radius 1 is 0.774 bits per heavy atom. The van der Waals surface area contributed by atoms with Crippen molar-refractivity contribution in [3.63, 3.8) is 0 Å². The zero-order valence-corrected chi connectivity index (χ0v) is 20.2. The Labute approximate surface area is 187 Å². The highest BCUT2D eigenvalue weighted by Gasteiger charge is 2.44. The quantitative estimate of drug-likeness (QED) is 0.384. The molecule has 1 aliphatic rings. The summed E-state index contributed by atoms with van der Waals surface area (Å²) in [4.78, 5) is 0. The third-order valence-corrected chi connectivity index (χ3v) is 10.0. The van der Waals surface area contributed by atoms with Crippen molar-refractivity contribution in [1.82, 2.24) is 0 Å². The van der Waals surface area contributed by atoms with E-state index in [0.717, 1.165) is 34.3 Å². The Bertz CT molecular complexity index is 1140. The molecular formula is C29H33OP. The van der Waals surface area contributed by atoms with Crippen molar-refractivity contribution in [2.24, 2.45) is 5.92 Å². The van der Waals surface area contributed by atoms with Gasteiger partial charge in [0.05, 0.1) is 0 Å². The van der Waals surface area contributed by atoms with E-state index >= 15 is 4.57 Å². The van der Waals surface area contributed by atoms with Crippen LogP contribution in [0.3, 0.4) is 0 Å². The fourth-order valence-corrected chi connectivity index (χ4v) is 8.55. The molecule has 0 radical (unpaired) electrons. The Kier molecular flexibility index (Phi) is 5.84. The van der Waals surface area contributed by atoms with Crippen LogP contribution < -0.4 is 10.6 Å². The van der Waals surface area contributed by atoms with E-state index in [1.54, 1.807) is 0 Å². The smallest absolute Gasteiger partial charge is 0.168 e. The first-order valence-corrected chi connectivity index (χ1v) is 13.1. The molecule has 0 saturated carbocycles. The van der Waals surface area contributed by atoms with Crippen LogP contribution >= 0.6 is 7.14 Å². The SMILES string of the molecule is CCC(CC)C1=C(c2ccc(C(C)(C)C)cc2)c2ccccc2P1(=O)c1ccccc1. The van der Waals surface area contributed by atoms with Crippen LogP contribution in [0.2, 0.25) is 0 Å². The van der Waals surface area contributed by atoms with Gasteiger partial charge in [0.15, 0.2) is 7.14 Å². The van der Waals surface area contributed by atoms with Crippen molar-refractivity contribution in [1.29, 1.82) is 0 Å². The molecule has 31 heavy (non-hydrogen) atoms. The van der Waals surface area contributed by atoms with E-state index in [1.165, 1.54) is 16.7 Å². The Hall–Kier alpha value is -2.37. The average molecular weight is 429 g/mol. The van der Waals surface area contributed by atoms with E-state index in [2.05, 4.69) is 77.1 Å². The van der Waals surface area contributed by atoms with E-state index in [1.807, 2.05) is 36.4 Å². The van der Waals surface area contributed by atoms with Gasteiger partial charge in [-0.15, -0.1) is 0 Å². The van der Waals surface area contributed by atoms with Crippen molar-refractivity contribution in [2.45, 2.75) is 52.9 Å². The van der Waals surface area contributed by atoms with Crippen LogP contribution in [0.25, 0.3) is 5.57 Å². The number of hydrogen-bond acceptors (Lipinski definition) is 1. The molecule has 3 aromatic carbocycles. The third kappa shape index (κ3) is 3.64. The van der Waals surface area contributed by atoms with Crippen LogP contribution in [0.15, 0.2) is 84.2 Å². The Morgan fingerprint density at radius 2 is 1.35 bits per heavy atom. The molecule has 0 fully saturated rings. The van der Waals surface area contributed by atoms with Gasteiger partial charge in [0.25, 0.3) is 0 Å². The maximum Gasteiger partial charge on any atom is 0.168 e. The highest BCUT2D eigenvalue weighted by Crippen LogP contribution is 2.64. The van der Waals surface area contributed by atoms with Gasteiger partial charge in [-0.1, -0.05) is 113 Å². The standard InChI is InChI=1S/C29H33OP/c1-6-21(7-2)28-27(22-17-19-23(20-18-22)29(3,4)5)25-15-11-12-16-26(25)31(28,30)24-13-9-8-10-14-24/h8-21H,6-7H2,1-5H3. The number of hydrogen-bond donors (Lipinski definition) is 0. The molecular weight excluding hydrogens is 395 g/mol. The monoisotopic (exact) mass is 428 g/mol. The summed E-state index contributed by atoms with van der Waals surface area (Å²) >= 11 is 0. The molecule has 0 aliphatic carbocycles. The first kappa shape index (κ1) is 21.8. The minimum Gasteiger partial charge on any atom is -0.309 e. The van der Waals surface area contributed by atoms with Crippen LogP contribution in [0.4, 0.5) is 0 Å². The number of rotatable bonds is 5.